The fourth-order valence-electron chi connectivity index (χ4n) is 5.57. The van der Waals surface area contributed by atoms with Gasteiger partial charge in [-0.05, 0) is 50.2 Å². The number of carbonyl (C=O) groups is 1. The molecule has 0 atom stereocenters. The highest BCUT2D eigenvalue weighted by atomic mass is 16.7. The minimum absolute atomic E-state index is 0.00636. The highest BCUT2D eigenvalue weighted by Crippen LogP contribution is 2.31. The molecule has 0 radical (unpaired) electrons. The molecule has 0 aromatic heterocycles. The molecule has 2 N–H and O–H groups in total. The Morgan fingerprint density at radius 2 is 1.07 bits per heavy atom. The highest BCUT2D eigenvalue weighted by molar-refractivity contribution is 5.63. The van der Waals surface area contributed by atoms with Crippen LogP contribution in [-0.2, 0) is 15.9 Å². The molecule has 0 bridgehead atoms. The minimum atomic E-state index is -1.41. The highest BCUT2D eigenvalue weighted by Gasteiger charge is 2.12. The fraction of sp³-hybridized carbons (Fsp3) is 0.811. The SMILES string of the molecule is CCCCCCCCCCOC(CCCCCCCCCc1cccc(OC(=O)O)c1O)OCCCCCCCCCC. The van der Waals surface area contributed by atoms with Gasteiger partial charge in [-0.2, -0.15) is 0 Å². The second kappa shape index (κ2) is 29.0. The first-order valence-electron chi connectivity index (χ1n) is 18.0. The van der Waals surface area contributed by atoms with Crippen molar-refractivity contribution in [1.29, 1.82) is 0 Å². The normalized spacial score (nSPS) is 11.4. The molecule has 0 aliphatic carbocycles. The molecule has 0 aliphatic rings. The van der Waals surface area contributed by atoms with Gasteiger partial charge in [-0.15, -0.1) is 0 Å². The van der Waals surface area contributed by atoms with Crippen LogP contribution in [0.15, 0.2) is 18.2 Å². The number of benzene rings is 1. The Morgan fingerprint density at radius 1 is 0.628 bits per heavy atom. The molecular weight excluding hydrogens is 540 g/mol. The maximum atomic E-state index is 10.8. The van der Waals surface area contributed by atoms with Crippen molar-refractivity contribution in [3.8, 4) is 11.5 Å². The Kier molecular flexibility index (Phi) is 26.4. The van der Waals surface area contributed by atoms with E-state index in [0.717, 1.165) is 63.7 Å². The zero-order valence-corrected chi connectivity index (χ0v) is 27.9. The van der Waals surface area contributed by atoms with E-state index >= 15 is 0 Å². The summed E-state index contributed by atoms with van der Waals surface area (Å²) >= 11 is 0. The van der Waals surface area contributed by atoms with Gasteiger partial charge in [0.1, 0.15) is 0 Å². The zero-order valence-electron chi connectivity index (χ0n) is 27.9. The Balaban J connectivity index is 2.19. The number of ether oxygens (including phenoxy) is 3. The van der Waals surface area contributed by atoms with Crippen molar-refractivity contribution >= 4 is 6.16 Å². The van der Waals surface area contributed by atoms with Crippen LogP contribution in [-0.4, -0.2) is 35.9 Å². The molecule has 0 amide bonds. The summed E-state index contributed by atoms with van der Waals surface area (Å²) in [4.78, 5) is 10.8. The van der Waals surface area contributed by atoms with E-state index in [1.807, 2.05) is 6.07 Å². The monoisotopic (exact) mass is 606 g/mol. The third-order valence-electron chi connectivity index (χ3n) is 8.27. The van der Waals surface area contributed by atoms with Crippen LogP contribution in [0, 0.1) is 0 Å². The number of phenolic OH excluding ortho intramolecular Hbond substituents is 1. The van der Waals surface area contributed by atoms with Gasteiger partial charge in [-0.1, -0.05) is 148 Å². The fourth-order valence-corrected chi connectivity index (χ4v) is 5.57. The van der Waals surface area contributed by atoms with Crippen molar-refractivity contribution in [1.82, 2.24) is 0 Å². The van der Waals surface area contributed by atoms with Gasteiger partial charge in [-0.25, -0.2) is 4.79 Å². The van der Waals surface area contributed by atoms with Crippen molar-refractivity contribution in [2.45, 2.75) is 181 Å². The number of phenols is 1. The summed E-state index contributed by atoms with van der Waals surface area (Å²) in [5.74, 6) is -0.0550. The van der Waals surface area contributed by atoms with E-state index < -0.39 is 6.16 Å². The smallest absolute Gasteiger partial charge is 0.504 e. The summed E-state index contributed by atoms with van der Waals surface area (Å²) in [5, 5.41) is 19.0. The van der Waals surface area contributed by atoms with Crippen molar-refractivity contribution < 1.29 is 29.2 Å². The lowest BCUT2D eigenvalue weighted by molar-refractivity contribution is -0.148. The number of para-hydroxylation sites is 1. The number of carboxylic acid groups (broad SMARTS) is 1. The average molecular weight is 607 g/mol. The van der Waals surface area contributed by atoms with E-state index in [-0.39, 0.29) is 17.8 Å². The van der Waals surface area contributed by atoms with E-state index in [1.54, 1.807) is 6.07 Å². The van der Waals surface area contributed by atoms with Gasteiger partial charge in [0, 0.05) is 13.2 Å². The Bertz CT molecular complexity index is 745. The number of aromatic hydroxyl groups is 1. The molecule has 1 aromatic carbocycles. The van der Waals surface area contributed by atoms with Crippen LogP contribution in [0.4, 0.5) is 4.79 Å². The maximum Gasteiger partial charge on any atom is 0.511 e. The molecule has 0 fully saturated rings. The second-order valence-electron chi connectivity index (χ2n) is 12.3. The van der Waals surface area contributed by atoms with Crippen molar-refractivity contribution in [3.05, 3.63) is 23.8 Å². The molecule has 43 heavy (non-hydrogen) atoms. The molecule has 0 saturated heterocycles. The molecule has 1 rings (SSSR count). The molecule has 6 heteroatoms. The maximum absolute atomic E-state index is 10.8. The Hall–Kier alpha value is -1.79. The number of rotatable bonds is 31. The molecule has 0 heterocycles. The Morgan fingerprint density at radius 3 is 1.56 bits per heavy atom. The topological polar surface area (TPSA) is 85.2 Å². The Labute approximate surface area is 264 Å². The summed E-state index contributed by atoms with van der Waals surface area (Å²) < 4.78 is 17.1. The first-order valence-corrected chi connectivity index (χ1v) is 18.0. The van der Waals surface area contributed by atoms with E-state index in [9.17, 15) is 9.90 Å². The third kappa shape index (κ3) is 23.3. The van der Waals surface area contributed by atoms with Crippen molar-refractivity contribution in [3.63, 3.8) is 0 Å². The summed E-state index contributed by atoms with van der Waals surface area (Å²) in [6.07, 6.45) is 29.3. The minimum Gasteiger partial charge on any atom is -0.504 e. The molecule has 250 valence electrons. The summed E-state index contributed by atoms with van der Waals surface area (Å²) in [6, 6.07) is 5.02. The molecule has 0 unspecified atom stereocenters. The molecule has 0 spiro atoms. The largest absolute Gasteiger partial charge is 0.511 e. The van der Waals surface area contributed by atoms with Crippen LogP contribution in [0.1, 0.15) is 174 Å². The van der Waals surface area contributed by atoms with Gasteiger partial charge in [0.05, 0.1) is 0 Å². The van der Waals surface area contributed by atoms with Gasteiger partial charge < -0.3 is 24.4 Å². The number of hydrogen-bond donors (Lipinski definition) is 2. The van der Waals surface area contributed by atoms with Gasteiger partial charge in [0.25, 0.3) is 0 Å². The third-order valence-corrected chi connectivity index (χ3v) is 8.27. The lowest BCUT2D eigenvalue weighted by Crippen LogP contribution is -2.19. The van der Waals surface area contributed by atoms with Gasteiger partial charge in [0.15, 0.2) is 17.8 Å². The van der Waals surface area contributed by atoms with Gasteiger partial charge in [-0.3, -0.25) is 0 Å². The zero-order chi connectivity index (χ0) is 31.2. The van der Waals surface area contributed by atoms with Crippen LogP contribution >= 0.6 is 0 Å². The molecule has 0 saturated carbocycles. The number of unbranched alkanes of at least 4 members (excludes halogenated alkanes) is 20. The van der Waals surface area contributed by atoms with E-state index in [0.29, 0.717) is 0 Å². The van der Waals surface area contributed by atoms with E-state index in [4.69, 9.17) is 14.6 Å². The van der Waals surface area contributed by atoms with Crippen LogP contribution in [0.5, 0.6) is 11.5 Å². The average Bonchev–Trinajstić information content (AvgIpc) is 2.99. The predicted octanol–water partition coefficient (Wildman–Crippen LogP) is 11.8. The molecule has 1 aromatic rings. The first kappa shape index (κ1) is 39.2. The van der Waals surface area contributed by atoms with Crippen LogP contribution < -0.4 is 4.74 Å². The standard InChI is InChI=1S/C37H66O6/c1-3-5-7-9-11-16-20-24-31-41-35(42-32-25-21-17-12-10-8-6-4-2)30-23-19-15-13-14-18-22-27-33-28-26-29-34(36(33)38)43-37(39)40/h26,28-29,35,38H,3-25,27,30-32H2,1-2H3,(H,39,40). The predicted molar refractivity (Wildman–Crippen MR) is 178 cm³/mol. The summed E-state index contributed by atoms with van der Waals surface area (Å²) in [5.41, 5.74) is 0.740. The molecule has 6 nitrogen and oxygen atoms in total. The van der Waals surface area contributed by atoms with E-state index in [1.165, 1.54) is 122 Å². The lowest BCUT2D eigenvalue weighted by Gasteiger charge is -2.19. The van der Waals surface area contributed by atoms with Gasteiger partial charge in [0.2, 0.25) is 0 Å². The number of aryl methyl sites for hydroxylation is 1. The summed E-state index contributed by atoms with van der Waals surface area (Å²) in [7, 11) is 0. The van der Waals surface area contributed by atoms with Crippen LogP contribution in [0.3, 0.4) is 0 Å². The number of hydrogen-bond acceptors (Lipinski definition) is 5. The second-order valence-corrected chi connectivity index (χ2v) is 12.3. The summed E-state index contributed by atoms with van der Waals surface area (Å²) in [6.45, 7) is 6.18. The quantitative estimate of drug-likeness (QED) is 0.0378. The first-order chi connectivity index (χ1) is 21.1. The van der Waals surface area contributed by atoms with Gasteiger partial charge >= 0.3 is 6.16 Å². The van der Waals surface area contributed by atoms with Crippen LogP contribution in [0.2, 0.25) is 0 Å². The van der Waals surface area contributed by atoms with E-state index in [2.05, 4.69) is 18.6 Å². The molecule has 0 aliphatic heterocycles. The lowest BCUT2D eigenvalue weighted by atomic mass is 10.0. The van der Waals surface area contributed by atoms with Crippen molar-refractivity contribution in [2.75, 3.05) is 13.2 Å². The van der Waals surface area contributed by atoms with Crippen LogP contribution in [0.25, 0.3) is 0 Å². The van der Waals surface area contributed by atoms with Crippen molar-refractivity contribution in [2.24, 2.45) is 0 Å². The molecular formula is C37H66O6.